The third-order valence-corrected chi connectivity index (χ3v) is 2.63. The maximum Gasteiger partial charge on any atom is 0.369 e. The number of hydrogen-bond donors (Lipinski definition) is 0. The molecule has 0 fully saturated rings. The van der Waals surface area contributed by atoms with Gasteiger partial charge in [0.15, 0.2) is 5.78 Å². The topological polar surface area (TPSA) is 26.3 Å². The Kier molecular flexibility index (Phi) is 9.18. The fraction of sp³-hybridized carbons (Fsp3) is 0.417. The van der Waals surface area contributed by atoms with Gasteiger partial charge in [-0.15, -0.1) is 47.3 Å². The number of rotatable bonds is 4. The monoisotopic (exact) mass is 476 g/mol. The molecule has 0 saturated carbocycles. The van der Waals surface area contributed by atoms with E-state index in [1.807, 2.05) is 0 Å². The van der Waals surface area contributed by atoms with Gasteiger partial charge < -0.3 is 4.74 Å². The fourth-order valence-corrected chi connectivity index (χ4v) is 1.41. The molecule has 2 nitrogen and oxygen atoms in total. The zero-order valence-electron chi connectivity index (χ0n) is 11.2. The molecule has 20 heavy (non-hydrogen) atoms. The maximum absolute atomic E-state index is 13.4. The number of carbonyl (C=O) groups is 1. The Morgan fingerprint density at radius 3 is 1.95 bits per heavy atom. The molecule has 0 aliphatic rings. The van der Waals surface area contributed by atoms with Crippen LogP contribution in [0.3, 0.4) is 0 Å². The second-order valence-corrected chi connectivity index (χ2v) is 10.4. The fourth-order valence-electron chi connectivity index (χ4n) is 1.41. The molecule has 0 radical (unpaired) electrons. The smallest absolute Gasteiger partial charge is 0.369 e. The number of halogens is 5. The number of Topliss-reactive ketones (excluding diaryl/α,β-unsaturated/α-hetero) is 1. The molecule has 1 aromatic carbocycles. The number of methoxy groups -OCH3 is 1. The minimum Gasteiger partial charge on any atom is -0.497 e. The lowest BCUT2D eigenvalue weighted by atomic mass is 9.92. The summed E-state index contributed by atoms with van der Waals surface area (Å²) in [6.07, 6.45) is 0. The molecule has 1 rings (SSSR count). The first-order valence-corrected chi connectivity index (χ1v) is 8.32. The summed E-state index contributed by atoms with van der Waals surface area (Å²) in [6.45, 7) is 2.24. The number of carbonyl (C=O) groups excluding carboxylic acids is 1. The van der Waals surface area contributed by atoms with Crippen LogP contribution in [0.2, 0.25) is 0 Å². The van der Waals surface area contributed by atoms with Crippen LogP contribution < -0.4 is 4.74 Å². The highest BCUT2D eigenvalue weighted by Gasteiger charge is 2.42. The predicted octanol–water partition coefficient (Wildman–Crippen LogP) is 5.18. The van der Waals surface area contributed by atoms with Gasteiger partial charge in [0.1, 0.15) is 5.75 Å². The van der Waals surface area contributed by atoms with Gasteiger partial charge in [0.2, 0.25) is 0 Å². The Hall–Kier alpha value is 0.0549. The van der Waals surface area contributed by atoms with Crippen LogP contribution in [0.25, 0.3) is 0 Å². The van der Waals surface area contributed by atoms with E-state index in [0.717, 1.165) is 6.92 Å². The molecule has 0 amide bonds. The van der Waals surface area contributed by atoms with Crippen molar-refractivity contribution in [2.24, 2.45) is 0 Å². The summed E-state index contributed by atoms with van der Waals surface area (Å²) in [4.78, 5) is 10.8. The molecule has 0 saturated heterocycles. The summed E-state index contributed by atoms with van der Waals surface area (Å²) in [5, 5.41) is 0. The van der Waals surface area contributed by atoms with Crippen LogP contribution in [0.4, 0.5) is 8.78 Å². The summed E-state index contributed by atoms with van der Waals surface area (Å²) in [5.74, 6) is -4.97. The Morgan fingerprint density at radius 1 is 1.25 bits per heavy atom. The van der Waals surface area contributed by atoms with Gasteiger partial charge in [-0.25, -0.2) is 0 Å². The molecule has 0 N–H and O–H groups in total. The predicted molar refractivity (Wildman–Crippen MR) is 89.6 cm³/mol. The number of hydrogen-bond acceptors (Lipinski definition) is 2. The van der Waals surface area contributed by atoms with Crippen LogP contribution >= 0.6 is 47.3 Å². The molecule has 0 aliphatic carbocycles. The van der Waals surface area contributed by atoms with Crippen LogP contribution in [-0.2, 0) is 4.79 Å². The number of ether oxygens (including phenoxy) is 1. The first-order valence-electron chi connectivity index (χ1n) is 5.58. The van der Waals surface area contributed by atoms with Crippen molar-refractivity contribution in [1.82, 2.24) is 0 Å². The third kappa shape index (κ3) is 6.67. The van der Waals surface area contributed by atoms with Crippen molar-refractivity contribution in [2.75, 3.05) is 7.11 Å². The molecule has 0 heterocycles. The van der Waals surface area contributed by atoms with Gasteiger partial charge >= 0.3 is 9.11 Å². The minimum absolute atomic E-state index is 0.271. The Morgan fingerprint density at radius 2 is 1.65 bits per heavy atom. The van der Waals surface area contributed by atoms with E-state index in [1.165, 1.54) is 14.0 Å². The van der Waals surface area contributed by atoms with E-state index in [4.69, 9.17) is 4.74 Å². The molecule has 1 aromatic rings. The molecule has 0 aromatic heterocycles. The Balaban J connectivity index is 0.000000796. The standard InChI is InChI=1S/C12H14F2O2.BBr3/c1-8(12(13,14)9(2)15)10-4-6-11(16-3)7-5-10;2-1(3)4/h4-8H,1-3H3;. The SMILES string of the molecule is BrB(Br)Br.COc1ccc(C(C)C(F)(F)C(C)=O)cc1. The van der Waals surface area contributed by atoms with Gasteiger partial charge in [0.25, 0.3) is 0 Å². The first-order chi connectivity index (χ1) is 9.12. The molecule has 0 spiro atoms. The largest absolute Gasteiger partial charge is 0.497 e. The van der Waals surface area contributed by atoms with E-state index in [9.17, 15) is 13.6 Å². The molecule has 112 valence electrons. The maximum atomic E-state index is 13.4. The van der Waals surface area contributed by atoms with Gasteiger partial charge in [-0.3, -0.25) is 4.79 Å². The molecular formula is C12H14BBr3F2O2. The van der Waals surface area contributed by atoms with Crippen molar-refractivity contribution in [1.29, 1.82) is 0 Å². The second-order valence-electron chi connectivity index (χ2n) is 3.92. The van der Waals surface area contributed by atoms with Crippen molar-refractivity contribution >= 4 is 56.2 Å². The highest BCUT2D eigenvalue weighted by atomic mass is 79.9. The van der Waals surface area contributed by atoms with Gasteiger partial charge in [-0.2, -0.15) is 8.78 Å². The third-order valence-electron chi connectivity index (χ3n) is 2.63. The van der Waals surface area contributed by atoms with Crippen molar-refractivity contribution in [2.45, 2.75) is 25.7 Å². The molecule has 0 bridgehead atoms. The van der Waals surface area contributed by atoms with E-state index < -0.39 is 17.6 Å². The zero-order chi connectivity index (χ0) is 15.9. The highest BCUT2D eigenvalue weighted by molar-refractivity contribution is 9.69. The Labute approximate surface area is 142 Å². The van der Waals surface area contributed by atoms with Gasteiger partial charge in [-0.05, 0) is 17.7 Å². The normalized spacial score (nSPS) is 12.0. The first kappa shape index (κ1) is 20.1. The zero-order valence-corrected chi connectivity index (χ0v) is 15.9. The summed E-state index contributed by atoms with van der Waals surface area (Å²) in [5.41, 5.74) is 0.418. The molecule has 1 atom stereocenters. The number of ketones is 1. The van der Waals surface area contributed by atoms with Crippen LogP contribution in [0.5, 0.6) is 5.75 Å². The summed E-state index contributed by atoms with van der Waals surface area (Å²) in [6, 6.07) is 6.28. The lowest BCUT2D eigenvalue weighted by Crippen LogP contribution is -2.32. The summed E-state index contributed by atoms with van der Waals surface area (Å²) < 4.78 is 32.1. The minimum atomic E-state index is -3.32. The van der Waals surface area contributed by atoms with Crippen LogP contribution in [0, 0.1) is 0 Å². The number of alkyl halides is 2. The lowest BCUT2D eigenvalue weighted by molar-refractivity contribution is -0.143. The molecule has 0 aliphatic heterocycles. The van der Waals surface area contributed by atoms with Crippen molar-refractivity contribution < 1.29 is 18.3 Å². The van der Waals surface area contributed by atoms with Gasteiger partial charge in [0.05, 0.1) is 13.0 Å². The van der Waals surface area contributed by atoms with Crippen molar-refractivity contribution in [3.63, 3.8) is 0 Å². The van der Waals surface area contributed by atoms with Crippen molar-refractivity contribution in [3.05, 3.63) is 29.8 Å². The average Bonchev–Trinajstić information content (AvgIpc) is 2.37. The van der Waals surface area contributed by atoms with Gasteiger partial charge in [0, 0.05) is 6.92 Å². The molecule has 1 unspecified atom stereocenters. The van der Waals surface area contributed by atoms with E-state index in [0.29, 0.717) is 11.3 Å². The molecule has 8 heteroatoms. The molecular weight excluding hydrogens is 465 g/mol. The Bertz CT molecular complexity index is 424. The van der Waals surface area contributed by atoms with E-state index in [1.54, 1.807) is 24.3 Å². The van der Waals surface area contributed by atoms with Crippen molar-refractivity contribution in [3.8, 4) is 5.75 Å². The van der Waals surface area contributed by atoms with E-state index in [2.05, 4.69) is 47.3 Å². The lowest BCUT2D eigenvalue weighted by Gasteiger charge is -2.21. The van der Waals surface area contributed by atoms with Crippen LogP contribution in [-0.4, -0.2) is 22.0 Å². The van der Waals surface area contributed by atoms with E-state index in [-0.39, 0.29) is 3.18 Å². The second kappa shape index (κ2) is 9.15. The summed E-state index contributed by atoms with van der Waals surface area (Å²) >= 11 is 9.31. The average molecular weight is 479 g/mol. The quantitative estimate of drug-likeness (QED) is 0.558. The van der Waals surface area contributed by atoms with Crippen LogP contribution in [0.15, 0.2) is 24.3 Å². The highest BCUT2D eigenvalue weighted by Crippen LogP contribution is 2.34. The number of benzene rings is 1. The van der Waals surface area contributed by atoms with E-state index >= 15 is 0 Å². The summed E-state index contributed by atoms with van der Waals surface area (Å²) in [7, 11) is 1.50. The van der Waals surface area contributed by atoms with Crippen LogP contribution in [0.1, 0.15) is 25.3 Å². The van der Waals surface area contributed by atoms with Gasteiger partial charge in [-0.1, -0.05) is 19.1 Å².